The average molecular weight is 311 g/mol. The minimum atomic E-state index is -3.34. The second kappa shape index (κ2) is 5.77. The first kappa shape index (κ1) is 16.0. The quantitative estimate of drug-likeness (QED) is 0.853. The first-order valence-corrected chi connectivity index (χ1v) is 8.64. The van der Waals surface area contributed by atoms with E-state index in [1.807, 2.05) is 13.8 Å². The van der Waals surface area contributed by atoms with Crippen molar-refractivity contribution >= 4 is 15.8 Å². The monoisotopic (exact) mass is 311 g/mol. The number of sulfone groups is 1. The average Bonchev–Trinajstić information content (AvgIpc) is 2.46. The van der Waals surface area contributed by atoms with Crippen LogP contribution in [0.2, 0.25) is 0 Å². The molecule has 2 rings (SSSR count). The fourth-order valence-electron chi connectivity index (χ4n) is 2.64. The predicted molar refractivity (Wildman–Crippen MR) is 79.6 cm³/mol. The number of fused-ring (bicyclic) bond motifs is 1. The second-order valence-electron chi connectivity index (χ2n) is 5.74. The van der Waals surface area contributed by atoms with Crippen LogP contribution in [-0.4, -0.2) is 33.8 Å². The lowest BCUT2D eigenvalue weighted by atomic mass is 9.86. The third kappa shape index (κ3) is 2.82. The van der Waals surface area contributed by atoms with Crippen LogP contribution in [0.5, 0.6) is 0 Å². The molecule has 0 amide bonds. The van der Waals surface area contributed by atoms with Gasteiger partial charge in [0.2, 0.25) is 0 Å². The molecule has 0 spiro atoms. The van der Waals surface area contributed by atoms with Crippen LogP contribution in [0.15, 0.2) is 29.2 Å². The van der Waals surface area contributed by atoms with Gasteiger partial charge in [0.1, 0.15) is 5.54 Å². The maximum atomic E-state index is 12.4. The Hall–Kier alpha value is -1.40. The van der Waals surface area contributed by atoms with Crippen molar-refractivity contribution < 1.29 is 17.9 Å². The predicted octanol–water partition coefficient (Wildman–Crippen LogP) is 1.48. The fourth-order valence-corrected chi connectivity index (χ4v) is 4.30. The van der Waals surface area contributed by atoms with Crippen LogP contribution in [0.25, 0.3) is 0 Å². The molecule has 1 aliphatic rings. The van der Waals surface area contributed by atoms with E-state index < -0.39 is 21.3 Å². The lowest BCUT2D eigenvalue weighted by Crippen LogP contribution is -2.54. The number of carbonyl (C=O) groups excluding carboxylic acids is 1. The summed E-state index contributed by atoms with van der Waals surface area (Å²) >= 11 is 0. The van der Waals surface area contributed by atoms with Gasteiger partial charge in [0.05, 0.1) is 17.8 Å². The van der Waals surface area contributed by atoms with Crippen LogP contribution >= 0.6 is 0 Å². The summed E-state index contributed by atoms with van der Waals surface area (Å²) in [6.45, 7) is 4.66. The highest BCUT2D eigenvalue weighted by Gasteiger charge is 2.48. The molecule has 1 aromatic rings. The largest absolute Gasteiger partial charge is 0.467 e. The maximum absolute atomic E-state index is 12.4. The lowest BCUT2D eigenvalue weighted by Gasteiger charge is -2.37. The van der Waals surface area contributed by atoms with Crippen molar-refractivity contribution in [1.82, 2.24) is 5.32 Å². The molecule has 0 aliphatic carbocycles. The minimum Gasteiger partial charge on any atom is -0.467 e. The molecule has 5 nitrogen and oxygen atoms in total. The van der Waals surface area contributed by atoms with Crippen LogP contribution < -0.4 is 5.32 Å². The molecule has 1 atom stereocenters. The molecule has 0 bridgehead atoms. The molecule has 1 N–H and O–H groups in total. The highest BCUT2D eigenvalue weighted by Crippen LogP contribution is 2.38. The van der Waals surface area contributed by atoms with E-state index in [1.165, 1.54) is 7.11 Å². The van der Waals surface area contributed by atoms with Gasteiger partial charge in [-0.1, -0.05) is 32.0 Å². The topological polar surface area (TPSA) is 72.5 Å². The van der Waals surface area contributed by atoms with E-state index in [9.17, 15) is 13.2 Å². The Bertz CT molecular complexity index is 639. The molecule has 1 aromatic carbocycles. The fraction of sp³-hybridized carbons (Fsp3) is 0.533. The van der Waals surface area contributed by atoms with Gasteiger partial charge in [0.15, 0.2) is 9.84 Å². The number of ether oxygens (including phenoxy) is 1. The smallest absolute Gasteiger partial charge is 0.330 e. The van der Waals surface area contributed by atoms with E-state index >= 15 is 0 Å². The summed E-state index contributed by atoms with van der Waals surface area (Å²) in [5.41, 5.74) is -0.593. The molecule has 0 saturated heterocycles. The molecule has 0 aromatic heterocycles. The summed E-state index contributed by atoms with van der Waals surface area (Å²) in [5, 5.41) is 3.24. The van der Waals surface area contributed by atoms with Crippen LogP contribution in [0.4, 0.5) is 0 Å². The Morgan fingerprint density at radius 1 is 1.38 bits per heavy atom. The van der Waals surface area contributed by atoms with Gasteiger partial charge in [0, 0.05) is 5.56 Å². The second-order valence-corrected chi connectivity index (χ2v) is 7.81. The number of hydrogen-bond donors (Lipinski definition) is 1. The van der Waals surface area contributed by atoms with Crippen molar-refractivity contribution in [2.24, 2.45) is 5.92 Å². The van der Waals surface area contributed by atoms with E-state index in [0.29, 0.717) is 18.0 Å². The van der Waals surface area contributed by atoms with E-state index in [-0.39, 0.29) is 17.1 Å². The standard InChI is InChI=1S/C15H21NO4S/c1-11(2)10-16-15(14(17)20-3)8-9-21(18,19)13-7-5-4-6-12(13)15/h4-7,11,16H,8-10H2,1-3H3. The number of rotatable bonds is 4. The molecule has 6 heteroatoms. The summed E-state index contributed by atoms with van der Waals surface area (Å²) < 4.78 is 29.4. The van der Waals surface area contributed by atoms with Gasteiger partial charge in [-0.25, -0.2) is 13.2 Å². The van der Waals surface area contributed by atoms with Gasteiger partial charge in [-0.05, 0) is 24.9 Å². The van der Waals surface area contributed by atoms with Gasteiger partial charge < -0.3 is 4.74 Å². The Kier molecular flexibility index (Phi) is 4.39. The van der Waals surface area contributed by atoms with Crippen molar-refractivity contribution in [3.63, 3.8) is 0 Å². The third-order valence-corrected chi connectivity index (χ3v) is 5.54. The van der Waals surface area contributed by atoms with Gasteiger partial charge in [-0.2, -0.15) is 0 Å². The summed E-state index contributed by atoms with van der Waals surface area (Å²) in [7, 11) is -2.01. The van der Waals surface area contributed by atoms with E-state index in [4.69, 9.17) is 4.74 Å². The Balaban J connectivity index is 2.58. The number of hydrogen-bond acceptors (Lipinski definition) is 5. The number of carbonyl (C=O) groups is 1. The molecule has 116 valence electrons. The molecule has 21 heavy (non-hydrogen) atoms. The summed E-state index contributed by atoms with van der Waals surface area (Å²) in [6.07, 6.45) is 0.186. The molecule has 0 saturated carbocycles. The van der Waals surface area contributed by atoms with Crippen molar-refractivity contribution in [3.8, 4) is 0 Å². The molecular formula is C15H21NO4S. The van der Waals surface area contributed by atoms with E-state index in [2.05, 4.69) is 5.32 Å². The van der Waals surface area contributed by atoms with Crippen molar-refractivity contribution in [2.75, 3.05) is 19.4 Å². The van der Waals surface area contributed by atoms with Crippen LogP contribution in [-0.2, 0) is 24.9 Å². The Morgan fingerprint density at radius 3 is 2.67 bits per heavy atom. The summed E-state index contributed by atoms with van der Waals surface area (Å²) in [4.78, 5) is 12.6. The van der Waals surface area contributed by atoms with Crippen molar-refractivity contribution in [1.29, 1.82) is 0 Å². The maximum Gasteiger partial charge on any atom is 0.330 e. The Labute approximate surface area is 125 Å². The zero-order valence-electron chi connectivity index (χ0n) is 12.5. The molecule has 1 unspecified atom stereocenters. The molecule has 1 aliphatic heterocycles. The number of esters is 1. The lowest BCUT2D eigenvalue weighted by molar-refractivity contribution is -0.149. The highest BCUT2D eigenvalue weighted by molar-refractivity contribution is 7.91. The van der Waals surface area contributed by atoms with Crippen molar-refractivity contribution in [2.45, 2.75) is 30.7 Å². The van der Waals surface area contributed by atoms with Crippen LogP contribution in [0.3, 0.4) is 0 Å². The first-order valence-electron chi connectivity index (χ1n) is 6.99. The molecule has 0 radical (unpaired) electrons. The van der Waals surface area contributed by atoms with E-state index in [0.717, 1.165) is 0 Å². The molecule has 1 heterocycles. The van der Waals surface area contributed by atoms with Gasteiger partial charge in [0.25, 0.3) is 0 Å². The van der Waals surface area contributed by atoms with Crippen LogP contribution in [0.1, 0.15) is 25.8 Å². The van der Waals surface area contributed by atoms with Gasteiger partial charge in [-0.15, -0.1) is 0 Å². The van der Waals surface area contributed by atoms with Gasteiger partial charge >= 0.3 is 5.97 Å². The van der Waals surface area contributed by atoms with Gasteiger partial charge in [-0.3, -0.25) is 5.32 Å². The zero-order valence-corrected chi connectivity index (χ0v) is 13.4. The van der Waals surface area contributed by atoms with Crippen LogP contribution in [0, 0.1) is 5.92 Å². The summed E-state index contributed by atoms with van der Waals surface area (Å²) in [6, 6.07) is 6.66. The normalized spacial score (nSPS) is 23.6. The number of nitrogens with one attached hydrogen (secondary N) is 1. The number of benzene rings is 1. The minimum absolute atomic E-state index is 0.0653. The first-order chi connectivity index (χ1) is 9.83. The highest BCUT2D eigenvalue weighted by atomic mass is 32.2. The molecular weight excluding hydrogens is 290 g/mol. The SMILES string of the molecule is COC(=O)C1(NCC(C)C)CCS(=O)(=O)c2ccccc21. The zero-order chi connectivity index (χ0) is 15.7. The summed E-state index contributed by atoms with van der Waals surface area (Å²) in [5.74, 6) is -0.174. The molecule has 0 fully saturated rings. The third-order valence-electron chi connectivity index (χ3n) is 3.77. The Morgan fingerprint density at radius 2 is 2.05 bits per heavy atom. The van der Waals surface area contributed by atoms with E-state index in [1.54, 1.807) is 24.3 Å². The van der Waals surface area contributed by atoms with Crippen molar-refractivity contribution in [3.05, 3.63) is 29.8 Å². The number of methoxy groups -OCH3 is 1.